The lowest BCUT2D eigenvalue weighted by Crippen LogP contribution is -2.08. The molecule has 1 aromatic carbocycles. The van der Waals surface area contributed by atoms with Crippen LogP contribution in [-0.2, 0) is 0 Å². The van der Waals surface area contributed by atoms with Crippen LogP contribution in [0.2, 0.25) is 0 Å². The Kier molecular flexibility index (Phi) is 5.43. The first kappa shape index (κ1) is 17.4. The van der Waals surface area contributed by atoms with Gasteiger partial charge in [0.2, 0.25) is 5.78 Å². The lowest BCUT2D eigenvalue weighted by molar-refractivity contribution is 0.103. The molecule has 0 amide bonds. The fourth-order valence-corrected chi connectivity index (χ4v) is 2.24. The number of benzene rings is 1. The van der Waals surface area contributed by atoms with E-state index in [1.807, 2.05) is 19.9 Å². The molecule has 0 bridgehead atoms. The van der Waals surface area contributed by atoms with Gasteiger partial charge in [-0.1, -0.05) is 12.1 Å². The number of methoxy groups -OCH3 is 1. The van der Waals surface area contributed by atoms with E-state index in [4.69, 9.17) is 13.9 Å². The van der Waals surface area contributed by atoms with E-state index in [1.54, 1.807) is 38.3 Å². The fourth-order valence-electron chi connectivity index (χ4n) is 2.24. The molecular formula is C19H19NO4. The molecule has 5 nitrogen and oxygen atoms in total. The van der Waals surface area contributed by atoms with Crippen molar-refractivity contribution >= 4 is 11.9 Å². The number of aryl methyl sites for hydroxylation is 1. The number of Topliss-reactive ketones (excluding diaryl/α,β-unsaturated/α-hetero) is 1. The van der Waals surface area contributed by atoms with Crippen LogP contribution in [0.1, 0.15) is 35.5 Å². The highest BCUT2D eigenvalue weighted by Gasteiger charge is 2.18. The summed E-state index contributed by atoms with van der Waals surface area (Å²) in [7, 11) is 1.54. The van der Waals surface area contributed by atoms with Crippen molar-refractivity contribution in [3.8, 4) is 17.6 Å². The van der Waals surface area contributed by atoms with Crippen LogP contribution in [0.5, 0.6) is 11.5 Å². The van der Waals surface area contributed by atoms with Gasteiger partial charge < -0.3 is 13.9 Å². The average molecular weight is 325 g/mol. The second-order valence-electron chi connectivity index (χ2n) is 5.43. The van der Waals surface area contributed by atoms with Gasteiger partial charge in [-0.05, 0) is 39.0 Å². The van der Waals surface area contributed by atoms with Gasteiger partial charge in [0.25, 0.3) is 0 Å². The number of para-hydroxylation sites is 1. The quantitative estimate of drug-likeness (QED) is 0.453. The van der Waals surface area contributed by atoms with Gasteiger partial charge in [-0.3, -0.25) is 4.79 Å². The number of ketones is 1. The zero-order valence-electron chi connectivity index (χ0n) is 14.1. The molecule has 124 valence electrons. The first-order chi connectivity index (χ1) is 11.5. The van der Waals surface area contributed by atoms with Crippen LogP contribution in [0, 0.1) is 18.3 Å². The number of nitrogens with zero attached hydrogens (tertiary/aromatic N) is 1. The van der Waals surface area contributed by atoms with Crippen LogP contribution in [0.25, 0.3) is 6.08 Å². The summed E-state index contributed by atoms with van der Waals surface area (Å²) in [6.45, 7) is 5.47. The van der Waals surface area contributed by atoms with Crippen molar-refractivity contribution in [1.29, 1.82) is 5.26 Å². The van der Waals surface area contributed by atoms with Crippen LogP contribution in [0.4, 0.5) is 0 Å². The molecule has 0 radical (unpaired) electrons. The lowest BCUT2D eigenvalue weighted by Gasteiger charge is -2.16. The number of rotatable bonds is 6. The Hall–Kier alpha value is -3.00. The first-order valence-corrected chi connectivity index (χ1v) is 7.52. The number of allylic oxidation sites excluding steroid dienone is 1. The highest BCUT2D eigenvalue weighted by molar-refractivity contribution is 6.14. The van der Waals surface area contributed by atoms with Gasteiger partial charge in [0.1, 0.15) is 17.4 Å². The Morgan fingerprint density at radius 3 is 2.62 bits per heavy atom. The molecule has 2 rings (SSSR count). The van der Waals surface area contributed by atoms with E-state index in [0.29, 0.717) is 28.4 Å². The first-order valence-electron chi connectivity index (χ1n) is 7.52. The third-order valence-corrected chi connectivity index (χ3v) is 3.35. The molecule has 0 aliphatic heterocycles. The van der Waals surface area contributed by atoms with E-state index in [1.165, 1.54) is 12.3 Å². The topological polar surface area (TPSA) is 72.5 Å². The van der Waals surface area contributed by atoms with Gasteiger partial charge in [0, 0.05) is 5.56 Å². The van der Waals surface area contributed by atoms with E-state index in [2.05, 4.69) is 0 Å². The van der Waals surface area contributed by atoms with Crippen molar-refractivity contribution in [1.82, 2.24) is 0 Å². The summed E-state index contributed by atoms with van der Waals surface area (Å²) in [5.41, 5.74) is 0.979. The second kappa shape index (κ2) is 7.51. The van der Waals surface area contributed by atoms with E-state index in [9.17, 15) is 10.1 Å². The number of hydrogen-bond donors (Lipinski definition) is 0. The number of carbonyl (C=O) groups is 1. The van der Waals surface area contributed by atoms with Gasteiger partial charge in [0.15, 0.2) is 11.5 Å². The van der Waals surface area contributed by atoms with Gasteiger partial charge in [0.05, 0.1) is 25.0 Å². The van der Waals surface area contributed by atoms with Crippen molar-refractivity contribution in [3.05, 3.63) is 53.0 Å². The van der Waals surface area contributed by atoms with Crippen LogP contribution >= 0.6 is 0 Å². The summed E-state index contributed by atoms with van der Waals surface area (Å²) in [4.78, 5) is 12.5. The Labute approximate surface area is 141 Å². The van der Waals surface area contributed by atoms with Crippen molar-refractivity contribution in [2.24, 2.45) is 0 Å². The Balaban J connectivity index is 2.50. The van der Waals surface area contributed by atoms with Crippen molar-refractivity contribution in [2.75, 3.05) is 7.11 Å². The summed E-state index contributed by atoms with van der Waals surface area (Å²) in [6.07, 6.45) is 2.86. The lowest BCUT2D eigenvalue weighted by atomic mass is 10.0. The summed E-state index contributed by atoms with van der Waals surface area (Å²) in [5, 5.41) is 9.40. The second-order valence-corrected chi connectivity index (χ2v) is 5.43. The van der Waals surface area contributed by atoms with Crippen LogP contribution in [0.3, 0.4) is 0 Å². The van der Waals surface area contributed by atoms with Crippen LogP contribution < -0.4 is 9.47 Å². The van der Waals surface area contributed by atoms with E-state index < -0.39 is 0 Å². The predicted molar refractivity (Wildman–Crippen MR) is 90.1 cm³/mol. The van der Waals surface area contributed by atoms with Gasteiger partial charge >= 0.3 is 0 Å². The van der Waals surface area contributed by atoms with Crippen molar-refractivity contribution in [2.45, 2.75) is 26.9 Å². The Bertz CT molecular complexity index is 809. The third-order valence-electron chi connectivity index (χ3n) is 3.35. The molecular weight excluding hydrogens is 306 g/mol. The van der Waals surface area contributed by atoms with E-state index in [0.717, 1.165) is 0 Å². The molecule has 0 aliphatic carbocycles. The maximum Gasteiger partial charge on any atom is 0.207 e. The SMILES string of the molecule is COc1cccc(/C=C(\C#N)C(=O)c2ccoc2C)c1OC(C)C. The Morgan fingerprint density at radius 1 is 1.33 bits per heavy atom. The van der Waals surface area contributed by atoms with Crippen molar-refractivity contribution in [3.63, 3.8) is 0 Å². The molecule has 1 aromatic heterocycles. The van der Waals surface area contributed by atoms with Crippen LogP contribution in [-0.4, -0.2) is 19.0 Å². The van der Waals surface area contributed by atoms with Gasteiger partial charge in [-0.15, -0.1) is 0 Å². The molecule has 1 heterocycles. The molecule has 0 N–H and O–H groups in total. The molecule has 2 aromatic rings. The van der Waals surface area contributed by atoms with Gasteiger partial charge in [-0.2, -0.15) is 5.26 Å². The Morgan fingerprint density at radius 2 is 2.08 bits per heavy atom. The number of furan rings is 1. The number of hydrogen-bond acceptors (Lipinski definition) is 5. The highest BCUT2D eigenvalue weighted by atomic mass is 16.5. The molecule has 0 spiro atoms. The fraction of sp³-hybridized carbons (Fsp3) is 0.263. The summed E-state index contributed by atoms with van der Waals surface area (Å²) in [5.74, 6) is 1.13. The maximum atomic E-state index is 12.5. The highest BCUT2D eigenvalue weighted by Crippen LogP contribution is 2.33. The molecule has 0 unspecified atom stereocenters. The zero-order valence-corrected chi connectivity index (χ0v) is 14.1. The summed E-state index contributed by atoms with van der Waals surface area (Å²) < 4.78 is 16.3. The van der Waals surface area contributed by atoms with Crippen LogP contribution in [0.15, 0.2) is 40.5 Å². The van der Waals surface area contributed by atoms with Gasteiger partial charge in [-0.25, -0.2) is 0 Å². The summed E-state index contributed by atoms with van der Waals surface area (Å²) in [6, 6.07) is 8.83. The number of ether oxygens (including phenoxy) is 2. The normalized spacial score (nSPS) is 11.2. The molecule has 0 saturated heterocycles. The number of carbonyl (C=O) groups excluding carboxylic acids is 1. The molecule has 0 fully saturated rings. The number of nitriles is 1. The summed E-state index contributed by atoms with van der Waals surface area (Å²) >= 11 is 0. The minimum absolute atomic E-state index is 0.00126. The predicted octanol–water partition coefficient (Wildman–Crippen LogP) is 4.17. The third kappa shape index (κ3) is 3.66. The minimum atomic E-state index is -0.387. The molecule has 0 saturated carbocycles. The molecule has 5 heteroatoms. The standard InChI is InChI=1S/C19H19NO4/c1-12(2)24-19-14(6-5-7-17(19)22-4)10-15(11-20)18(21)16-8-9-23-13(16)3/h5-10,12H,1-4H3/b15-10+. The van der Waals surface area contributed by atoms with Crippen molar-refractivity contribution < 1.29 is 18.7 Å². The van der Waals surface area contributed by atoms with E-state index >= 15 is 0 Å². The molecule has 24 heavy (non-hydrogen) atoms. The molecule has 0 atom stereocenters. The zero-order chi connectivity index (χ0) is 17.7. The molecule has 0 aliphatic rings. The maximum absolute atomic E-state index is 12.5. The largest absolute Gasteiger partial charge is 0.493 e. The van der Waals surface area contributed by atoms with E-state index in [-0.39, 0.29) is 17.5 Å². The smallest absolute Gasteiger partial charge is 0.207 e. The average Bonchev–Trinajstić information content (AvgIpc) is 2.98. The minimum Gasteiger partial charge on any atom is -0.493 e. The monoisotopic (exact) mass is 325 g/mol.